The van der Waals surface area contributed by atoms with E-state index in [-0.39, 0.29) is 32.1 Å². The number of ether oxygens (including phenoxy) is 4. The van der Waals surface area contributed by atoms with E-state index in [0.29, 0.717) is 22.0 Å². The SMILES string of the molecule is COCCOc1c(-c2ccccc2)c2cc(OC(F)(F)F)ccc2n(CCOC)c1=O. The first-order chi connectivity index (χ1) is 14.9. The molecule has 3 aromatic rings. The van der Waals surface area contributed by atoms with Crippen molar-refractivity contribution in [2.75, 3.05) is 34.0 Å². The van der Waals surface area contributed by atoms with Crippen molar-refractivity contribution in [1.82, 2.24) is 4.57 Å². The van der Waals surface area contributed by atoms with E-state index in [1.54, 1.807) is 30.3 Å². The molecule has 0 unspecified atom stereocenters. The quantitative estimate of drug-likeness (QED) is 0.469. The molecule has 2 aromatic carbocycles. The van der Waals surface area contributed by atoms with Crippen LogP contribution in [0.5, 0.6) is 11.5 Å². The lowest BCUT2D eigenvalue weighted by molar-refractivity contribution is -0.274. The van der Waals surface area contributed by atoms with Gasteiger partial charge in [0.25, 0.3) is 5.56 Å². The highest BCUT2D eigenvalue weighted by Gasteiger charge is 2.31. The Morgan fingerprint density at radius 3 is 2.29 bits per heavy atom. The van der Waals surface area contributed by atoms with Crippen molar-refractivity contribution in [2.45, 2.75) is 12.9 Å². The fourth-order valence-corrected chi connectivity index (χ4v) is 3.27. The average Bonchev–Trinajstić information content (AvgIpc) is 2.73. The minimum atomic E-state index is -4.84. The summed E-state index contributed by atoms with van der Waals surface area (Å²) in [4.78, 5) is 13.3. The van der Waals surface area contributed by atoms with E-state index in [0.717, 1.165) is 0 Å². The van der Waals surface area contributed by atoms with Crippen molar-refractivity contribution in [3.8, 4) is 22.6 Å². The van der Waals surface area contributed by atoms with Crippen molar-refractivity contribution >= 4 is 10.9 Å². The first-order valence-electron chi connectivity index (χ1n) is 9.48. The molecular formula is C22H22F3NO5. The molecule has 0 amide bonds. The second kappa shape index (κ2) is 9.84. The Hall–Kier alpha value is -3.04. The predicted molar refractivity (Wildman–Crippen MR) is 110 cm³/mol. The Labute approximate surface area is 176 Å². The molecule has 31 heavy (non-hydrogen) atoms. The molecule has 166 valence electrons. The molecule has 0 bridgehead atoms. The maximum absolute atomic E-state index is 13.3. The van der Waals surface area contributed by atoms with Gasteiger partial charge in [0, 0.05) is 31.7 Å². The molecule has 0 spiro atoms. The van der Waals surface area contributed by atoms with Crippen LogP contribution in [-0.2, 0) is 16.0 Å². The Balaban J connectivity index is 2.32. The summed E-state index contributed by atoms with van der Waals surface area (Å²) in [6, 6.07) is 12.7. The molecule has 0 saturated carbocycles. The lowest BCUT2D eigenvalue weighted by Crippen LogP contribution is -2.26. The highest BCUT2D eigenvalue weighted by molar-refractivity contribution is 5.98. The fourth-order valence-electron chi connectivity index (χ4n) is 3.27. The normalized spacial score (nSPS) is 11.6. The number of rotatable bonds is 9. The van der Waals surface area contributed by atoms with Gasteiger partial charge in [0.05, 0.1) is 18.7 Å². The predicted octanol–water partition coefficient (Wildman–Crippen LogP) is 4.24. The van der Waals surface area contributed by atoms with Gasteiger partial charge in [-0.15, -0.1) is 13.2 Å². The number of benzene rings is 2. The largest absolute Gasteiger partial charge is 0.573 e. The number of fused-ring (bicyclic) bond motifs is 1. The van der Waals surface area contributed by atoms with Crippen molar-refractivity contribution in [1.29, 1.82) is 0 Å². The van der Waals surface area contributed by atoms with Gasteiger partial charge in [0.15, 0.2) is 5.75 Å². The maximum Gasteiger partial charge on any atom is 0.573 e. The topological polar surface area (TPSA) is 58.9 Å². The third-order valence-corrected chi connectivity index (χ3v) is 4.54. The summed E-state index contributed by atoms with van der Waals surface area (Å²) in [5.74, 6) is -0.368. The van der Waals surface area contributed by atoms with Crippen LogP contribution in [-0.4, -0.2) is 45.0 Å². The Morgan fingerprint density at radius 2 is 1.65 bits per heavy atom. The van der Waals surface area contributed by atoms with Crippen LogP contribution in [0, 0.1) is 0 Å². The van der Waals surface area contributed by atoms with Gasteiger partial charge >= 0.3 is 6.36 Å². The summed E-state index contributed by atoms with van der Waals surface area (Å²) in [7, 11) is 3.00. The van der Waals surface area contributed by atoms with Crippen LogP contribution in [0.2, 0.25) is 0 Å². The first-order valence-corrected chi connectivity index (χ1v) is 9.48. The number of alkyl halides is 3. The van der Waals surface area contributed by atoms with Gasteiger partial charge in [-0.1, -0.05) is 30.3 Å². The summed E-state index contributed by atoms with van der Waals surface area (Å²) in [6.07, 6.45) is -4.84. The summed E-state index contributed by atoms with van der Waals surface area (Å²) in [5.41, 5.74) is 1.04. The molecule has 0 radical (unpaired) electrons. The summed E-state index contributed by atoms with van der Waals surface area (Å²) >= 11 is 0. The standard InChI is InChI=1S/C22H22F3NO5/c1-28-11-10-26-18-9-8-16(31-22(23,24)25)14-17(18)19(15-6-4-3-5-7-15)20(21(26)27)30-13-12-29-2/h3-9,14H,10-13H2,1-2H3. The minimum Gasteiger partial charge on any atom is -0.485 e. The van der Waals surface area contributed by atoms with Crippen LogP contribution in [0.4, 0.5) is 13.2 Å². The first kappa shape index (κ1) is 22.6. The van der Waals surface area contributed by atoms with E-state index in [1.165, 1.54) is 37.0 Å². The van der Waals surface area contributed by atoms with Gasteiger partial charge in [0.2, 0.25) is 0 Å². The summed E-state index contributed by atoms with van der Waals surface area (Å²) < 4.78 is 59.9. The van der Waals surface area contributed by atoms with Crippen molar-refractivity contribution in [3.63, 3.8) is 0 Å². The van der Waals surface area contributed by atoms with Gasteiger partial charge in [-0.05, 0) is 23.8 Å². The molecule has 0 N–H and O–H groups in total. The Kier molecular flexibility index (Phi) is 7.19. The van der Waals surface area contributed by atoms with Gasteiger partial charge in [-0.3, -0.25) is 4.79 Å². The van der Waals surface area contributed by atoms with Gasteiger partial charge in [-0.2, -0.15) is 0 Å². The second-order valence-electron chi connectivity index (χ2n) is 6.59. The van der Waals surface area contributed by atoms with E-state index in [4.69, 9.17) is 14.2 Å². The summed E-state index contributed by atoms with van der Waals surface area (Å²) in [6.45, 7) is 0.764. The zero-order valence-corrected chi connectivity index (χ0v) is 17.1. The molecule has 6 nitrogen and oxygen atoms in total. The molecule has 0 aliphatic rings. The monoisotopic (exact) mass is 437 g/mol. The second-order valence-corrected chi connectivity index (χ2v) is 6.59. The van der Waals surface area contributed by atoms with Crippen molar-refractivity contribution in [3.05, 3.63) is 58.9 Å². The molecular weight excluding hydrogens is 415 g/mol. The lowest BCUT2D eigenvalue weighted by Gasteiger charge is -2.19. The van der Waals surface area contributed by atoms with E-state index >= 15 is 0 Å². The number of pyridine rings is 1. The van der Waals surface area contributed by atoms with Crippen LogP contribution >= 0.6 is 0 Å². The van der Waals surface area contributed by atoms with Crippen LogP contribution in [0.3, 0.4) is 0 Å². The number of aromatic nitrogens is 1. The zero-order valence-electron chi connectivity index (χ0n) is 17.1. The zero-order chi connectivity index (χ0) is 22.4. The number of hydrogen-bond donors (Lipinski definition) is 0. The van der Waals surface area contributed by atoms with Crippen molar-refractivity contribution < 1.29 is 32.1 Å². The van der Waals surface area contributed by atoms with E-state index in [1.807, 2.05) is 0 Å². The fraction of sp³-hybridized carbons (Fsp3) is 0.318. The molecule has 0 atom stereocenters. The van der Waals surface area contributed by atoms with Gasteiger partial charge in [-0.25, -0.2) is 0 Å². The highest BCUT2D eigenvalue weighted by Crippen LogP contribution is 2.37. The lowest BCUT2D eigenvalue weighted by atomic mass is 9.99. The van der Waals surface area contributed by atoms with Crippen LogP contribution in [0.15, 0.2) is 53.3 Å². The molecule has 1 heterocycles. The molecule has 1 aromatic heterocycles. The minimum absolute atomic E-state index is 0.0241. The van der Waals surface area contributed by atoms with E-state index < -0.39 is 17.7 Å². The van der Waals surface area contributed by atoms with Crippen LogP contribution in [0.25, 0.3) is 22.0 Å². The van der Waals surface area contributed by atoms with Gasteiger partial charge < -0.3 is 23.5 Å². The van der Waals surface area contributed by atoms with Crippen LogP contribution < -0.4 is 15.0 Å². The molecule has 0 saturated heterocycles. The van der Waals surface area contributed by atoms with E-state index in [2.05, 4.69) is 4.74 Å². The molecule has 0 aliphatic carbocycles. The maximum atomic E-state index is 13.3. The van der Waals surface area contributed by atoms with E-state index in [9.17, 15) is 18.0 Å². The Bertz CT molecular complexity index is 1080. The van der Waals surface area contributed by atoms with Gasteiger partial charge in [0.1, 0.15) is 12.4 Å². The number of nitrogens with zero attached hydrogens (tertiary/aromatic N) is 1. The third kappa shape index (κ3) is 5.36. The number of halogens is 3. The number of hydrogen-bond acceptors (Lipinski definition) is 5. The molecule has 3 rings (SSSR count). The molecule has 0 aliphatic heterocycles. The Morgan fingerprint density at radius 1 is 0.935 bits per heavy atom. The summed E-state index contributed by atoms with van der Waals surface area (Å²) in [5, 5.41) is 0.385. The molecule has 9 heteroatoms. The molecule has 0 fully saturated rings. The smallest absolute Gasteiger partial charge is 0.485 e. The number of methoxy groups -OCH3 is 2. The highest BCUT2D eigenvalue weighted by atomic mass is 19.4. The third-order valence-electron chi connectivity index (χ3n) is 4.54. The average molecular weight is 437 g/mol. The van der Waals surface area contributed by atoms with Crippen molar-refractivity contribution in [2.24, 2.45) is 0 Å². The van der Waals surface area contributed by atoms with Crippen LogP contribution in [0.1, 0.15) is 0 Å².